The zero-order valence-corrected chi connectivity index (χ0v) is 22.8. The van der Waals surface area contributed by atoms with E-state index in [1.165, 1.54) is 22.3 Å². The highest BCUT2D eigenvalue weighted by molar-refractivity contribution is 6.31. The second kappa shape index (κ2) is 9.36. The summed E-state index contributed by atoms with van der Waals surface area (Å²) in [7, 11) is 0. The lowest BCUT2D eigenvalue weighted by Crippen LogP contribution is -2.44. The molecule has 4 atom stereocenters. The molecule has 40 heavy (non-hydrogen) atoms. The van der Waals surface area contributed by atoms with Crippen LogP contribution in [0.2, 0.25) is 10.0 Å². The Kier molecular flexibility index (Phi) is 5.61. The zero-order chi connectivity index (χ0) is 26.8. The lowest BCUT2D eigenvalue weighted by molar-refractivity contribution is -0.0534. The first-order chi connectivity index (χ1) is 19.7. The van der Waals surface area contributed by atoms with E-state index < -0.39 is 0 Å². The monoisotopic (exact) mass is 562 g/mol. The van der Waals surface area contributed by atoms with Gasteiger partial charge >= 0.3 is 0 Å². The standard InChI is InChI=1S/C34H24Cl2N2O2/c35-23-15-11-21(12-16-23)31-28-27-26(25(19-7-3-1-4-8-19)20-9-5-2-6-10-20)30(33(28)39-37-31)34-29(27)32(38-40-34)22-13-17-24(36)18-14-22/h1-18,27-30,33-34H. The average molecular weight is 563 g/mol. The minimum Gasteiger partial charge on any atom is -0.391 e. The van der Waals surface area contributed by atoms with Crippen molar-refractivity contribution in [3.63, 3.8) is 0 Å². The molecule has 2 saturated carbocycles. The number of fused-ring (bicyclic) bond motifs is 8. The Morgan fingerprint density at radius 2 is 0.925 bits per heavy atom. The molecule has 2 fully saturated rings. The lowest BCUT2D eigenvalue weighted by Gasteiger charge is -2.31. The maximum absolute atomic E-state index is 6.30. The fraction of sp³-hybridized carbons (Fsp3) is 0.176. The number of benzene rings is 4. The van der Waals surface area contributed by atoms with Crippen molar-refractivity contribution in [1.29, 1.82) is 0 Å². The third-order valence-electron chi connectivity index (χ3n) is 8.78. The van der Waals surface area contributed by atoms with Crippen LogP contribution in [0, 0.1) is 23.7 Å². The number of halogens is 2. The summed E-state index contributed by atoms with van der Waals surface area (Å²) in [5.41, 5.74) is 8.99. The van der Waals surface area contributed by atoms with Gasteiger partial charge in [-0.2, -0.15) is 0 Å². The fourth-order valence-corrected chi connectivity index (χ4v) is 7.53. The molecule has 4 nitrogen and oxygen atoms in total. The Morgan fingerprint density at radius 1 is 0.500 bits per heavy atom. The summed E-state index contributed by atoms with van der Waals surface area (Å²) in [5, 5.41) is 10.7. The molecule has 0 N–H and O–H groups in total. The van der Waals surface area contributed by atoms with Gasteiger partial charge in [-0.05, 0) is 57.7 Å². The van der Waals surface area contributed by atoms with Crippen molar-refractivity contribution in [2.75, 3.05) is 0 Å². The number of hydrogen-bond acceptors (Lipinski definition) is 4. The van der Waals surface area contributed by atoms with Crippen molar-refractivity contribution in [2.45, 2.75) is 12.2 Å². The molecule has 2 aliphatic heterocycles. The zero-order valence-electron chi connectivity index (χ0n) is 21.3. The summed E-state index contributed by atoms with van der Waals surface area (Å²) in [6.07, 6.45) is -0.261. The van der Waals surface area contributed by atoms with Crippen LogP contribution in [0.1, 0.15) is 22.3 Å². The van der Waals surface area contributed by atoms with Gasteiger partial charge in [0.1, 0.15) is 12.2 Å². The second-order valence-corrected chi connectivity index (χ2v) is 11.6. The summed E-state index contributed by atoms with van der Waals surface area (Å²) in [6, 6.07) is 37.1. The van der Waals surface area contributed by atoms with E-state index in [2.05, 4.69) is 71.0 Å². The molecule has 6 heteroatoms. The van der Waals surface area contributed by atoms with Crippen LogP contribution < -0.4 is 0 Å². The second-order valence-electron chi connectivity index (χ2n) is 10.8. The smallest absolute Gasteiger partial charge is 0.146 e. The molecule has 8 rings (SSSR count). The molecule has 4 aromatic rings. The van der Waals surface area contributed by atoms with Crippen molar-refractivity contribution in [3.05, 3.63) is 147 Å². The number of nitrogens with zero attached hydrogens (tertiary/aromatic N) is 2. The average Bonchev–Trinajstić information content (AvgIpc) is 3.75. The van der Waals surface area contributed by atoms with E-state index >= 15 is 0 Å². The highest BCUT2D eigenvalue weighted by Gasteiger charge is 2.70. The van der Waals surface area contributed by atoms with Gasteiger partial charge < -0.3 is 9.68 Å². The van der Waals surface area contributed by atoms with Crippen molar-refractivity contribution in [3.8, 4) is 0 Å². The summed E-state index contributed by atoms with van der Waals surface area (Å²) in [4.78, 5) is 12.6. The van der Waals surface area contributed by atoms with E-state index in [4.69, 9.17) is 32.9 Å². The van der Waals surface area contributed by atoms with Gasteiger partial charge in [0.15, 0.2) is 0 Å². The van der Waals surface area contributed by atoms with Gasteiger partial charge in [0, 0.05) is 16.0 Å². The Balaban J connectivity index is 1.35. The van der Waals surface area contributed by atoms with Gasteiger partial charge in [-0.25, -0.2) is 0 Å². The normalized spacial score (nSPS) is 27.4. The third kappa shape index (κ3) is 3.59. The first kappa shape index (κ1) is 24.0. The Hall–Kier alpha value is -3.86. The Morgan fingerprint density at radius 3 is 1.35 bits per heavy atom. The van der Waals surface area contributed by atoms with Crippen molar-refractivity contribution >= 4 is 40.2 Å². The van der Waals surface area contributed by atoms with E-state index in [1.807, 2.05) is 48.5 Å². The Bertz CT molecular complexity index is 1560. The first-order valence-electron chi connectivity index (χ1n) is 13.5. The predicted octanol–water partition coefficient (Wildman–Crippen LogP) is 7.89. The third-order valence-corrected chi connectivity index (χ3v) is 9.28. The molecule has 196 valence electrons. The maximum atomic E-state index is 6.30. The van der Waals surface area contributed by atoms with Crippen LogP contribution in [0.25, 0.3) is 5.57 Å². The lowest BCUT2D eigenvalue weighted by atomic mass is 9.71. The van der Waals surface area contributed by atoms with Crippen LogP contribution in [0.4, 0.5) is 0 Å². The molecule has 0 spiro atoms. The van der Waals surface area contributed by atoms with Crippen LogP contribution in [0.3, 0.4) is 0 Å². The van der Waals surface area contributed by atoms with E-state index in [0.717, 1.165) is 22.6 Å². The molecular formula is C34H24Cl2N2O2. The molecule has 0 saturated heterocycles. The summed E-state index contributed by atoms with van der Waals surface area (Å²) in [5.74, 6) is 0.204. The molecule has 4 aromatic carbocycles. The van der Waals surface area contributed by atoms with Crippen molar-refractivity contribution in [1.82, 2.24) is 0 Å². The van der Waals surface area contributed by atoms with Crippen LogP contribution in [-0.4, -0.2) is 23.6 Å². The molecule has 0 radical (unpaired) electrons. The van der Waals surface area contributed by atoms with Crippen LogP contribution >= 0.6 is 23.2 Å². The number of rotatable bonds is 4. The topological polar surface area (TPSA) is 43.2 Å². The van der Waals surface area contributed by atoms with E-state index in [1.54, 1.807) is 0 Å². The molecule has 0 aromatic heterocycles. The van der Waals surface area contributed by atoms with Gasteiger partial charge in [-0.3, -0.25) is 0 Å². The molecule has 4 aliphatic rings. The first-order valence-corrected chi connectivity index (χ1v) is 14.3. The number of hydrogen-bond donors (Lipinski definition) is 0. The fourth-order valence-electron chi connectivity index (χ4n) is 7.27. The van der Waals surface area contributed by atoms with E-state index in [0.29, 0.717) is 10.0 Å². The highest BCUT2D eigenvalue weighted by Crippen LogP contribution is 2.64. The van der Waals surface area contributed by atoms with E-state index in [9.17, 15) is 0 Å². The predicted molar refractivity (Wildman–Crippen MR) is 159 cm³/mol. The minimum absolute atomic E-state index is 0.00230. The van der Waals surface area contributed by atoms with Gasteiger partial charge in [-0.15, -0.1) is 0 Å². The largest absolute Gasteiger partial charge is 0.391 e. The van der Waals surface area contributed by atoms with Gasteiger partial charge in [0.05, 0.1) is 29.2 Å². The molecule has 2 aliphatic carbocycles. The van der Waals surface area contributed by atoms with Crippen LogP contribution in [0.5, 0.6) is 0 Å². The summed E-state index contributed by atoms with van der Waals surface area (Å²) in [6.45, 7) is 0. The maximum Gasteiger partial charge on any atom is 0.146 e. The molecule has 0 amide bonds. The minimum atomic E-state index is -0.130. The highest BCUT2D eigenvalue weighted by atomic mass is 35.5. The van der Waals surface area contributed by atoms with E-state index in [-0.39, 0.29) is 35.9 Å². The van der Waals surface area contributed by atoms with Gasteiger partial charge in [-0.1, -0.05) is 118 Å². The molecule has 2 bridgehead atoms. The van der Waals surface area contributed by atoms with Crippen LogP contribution in [-0.2, 0) is 9.68 Å². The molecule has 4 unspecified atom stereocenters. The van der Waals surface area contributed by atoms with Crippen molar-refractivity contribution < 1.29 is 9.68 Å². The number of oxime groups is 2. The molecule has 2 heterocycles. The van der Waals surface area contributed by atoms with Gasteiger partial charge in [0.2, 0.25) is 0 Å². The van der Waals surface area contributed by atoms with Gasteiger partial charge in [0.25, 0.3) is 0 Å². The molecular weight excluding hydrogens is 539 g/mol. The Labute approximate surface area is 242 Å². The van der Waals surface area contributed by atoms with Crippen LogP contribution in [0.15, 0.2) is 125 Å². The SMILES string of the molecule is Clc1ccc(C2=NOC3C4C(=C(c5ccccc5)c5ccccc5)C(C23)C2C(c3ccc(Cl)cc3)=NOC42)cc1. The summed E-state index contributed by atoms with van der Waals surface area (Å²) >= 11 is 12.5. The summed E-state index contributed by atoms with van der Waals surface area (Å²) < 4.78 is 0. The quantitative estimate of drug-likeness (QED) is 0.254. The van der Waals surface area contributed by atoms with Crippen molar-refractivity contribution in [2.24, 2.45) is 34.0 Å².